The highest BCUT2D eigenvalue weighted by molar-refractivity contribution is 7.89. The molecule has 0 saturated carbocycles. The summed E-state index contributed by atoms with van der Waals surface area (Å²) < 4.78 is 26.0. The molecule has 1 heterocycles. The summed E-state index contributed by atoms with van der Waals surface area (Å²) in [6.45, 7) is 8.40. The summed E-state index contributed by atoms with van der Waals surface area (Å²) in [7, 11) is -1.50. The van der Waals surface area contributed by atoms with Crippen molar-refractivity contribution in [1.82, 2.24) is 14.5 Å². The first-order valence-electron chi connectivity index (χ1n) is 9.35. The van der Waals surface area contributed by atoms with E-state index in [0.717, 1.165) is 42.8 Å². The van der Waals surface area contributed by atoms with Gasteiger partial charge in [-0.25, -0.2) is 12.7 Å². The molecule has 1 fully saturated rings. The van der Waals surface area contributed by atoms with Crippen molar-refractivity contribution in [2.45, 2.75) is 13.8 Å². The Morgan fingerprint density at radius 3 is 2.44 bits per heavy atom. The highest BCUT2D eigenvalue weighted by atomic mass is 35.5. The van der Waals surface area contributed by atoms with E-state index in [1.807, 2.05) is 32.0 Å². The highest BCUT2D eigenvalue weighted by Crippen LogP contribution is 2.20. The van der Waals surface area contributed by atoms with Gasteiger partial charge in [0.1, 0.15) is 0 Å². The summed E-state index contributed by atoms with van der Waals surface area (Å²) in [6, 6.07) is 7.87. The molecule has 9 heteroatoms. The Labute approximate surface area is 168 Å². The second-order valence-electron chi connectivity index (χ2n) is 6.33. The monoisotopic (exact) mass is 415 g/mol. The number of rotatable bonds is 7. The minimum atomic E-state index is -3.23. The van der Waals surface area contributed by atoms with E-state index in [9.17, 15) is 8.42 Å². The largest absolute Gasteiger partial charge is 0.368 e. The number of hydrogen-bond donors (Lipinski definition) is 1. The number of hydrogen-bond acceptors (Lipinski definition) is 4. The molecule has 0 aliphatic carbocycles. The molecule has 1 saturated heterocycles. The maximum absolute atomic E-state index is 12.3. The smallest absolute Gasteiger partial charge is 0.215 e. The highest BCUT2D eigenvalue weighted by Gasteiger charge is 2.22. The number of guanidine groups is 1. The molecule has 7 nitrogen and oxygen atoms in total. The van der Waals surface area contributed by atoms with Crippen LogP contribution in [0.1, 0.15) is 13.8 Å². The number of piperazine rings is 1. The van der Waals surface area contributed by atoms with E-state index in [1.54, 1.807) is 7.05 Å². The molecule has 1 aliphatic heterocycles. The van der Waals surface area contributed by atoms with Gasteiger partial charge < -0.3 is 15.1 Å². The van der Waals surface area contributed by atoms with Crippen molar-refractivity contribution < 1.29 is 8.42 Å². The van der Waals surface area contributed by atoms with Gasteiger partial charge >= 0.3 is 0 Å². The molecule has 2 rings (SSSR count). The van der Waals surface area contributed by atoms with E-state index in [2.05, 4.69) is 26.2 Å². The van der Waals surface area contributed by atoms with Gasteiger partial charge in [-0.15, -0.1) is 0 Å². The Bertz CT molecular complexity index is 729. The number of sulfonamides is 1. The molecule has 1 aromatic rings. The van der Waals surface area contributed by atoms with Gasteiger partial charge in [-0.3, -0.25) is 4.99 Å². The number of halogens is 1. The predicted molar refractivity (Wildman–Crippen MR) is 113 cm³/mol. The van der Waals surface area contributed by atoms with Crippen molar-refractivity contribution in [2.75, 3.05) is 63.5 Å². The first-order valence-corrected chi connectivity index (χ1v) is 11.3. The van der Waals surface area contributed by atoms with Gasteiger partial charge in [0.2, 0.25) is 10.0 Å². The van der Waals surface area contributed by atoms with Crippen molar-refractivity contribution in [2.24, 2.45) is 4.99 Å². The quantitative estimate of drug-likeness (QED) is 0.542. The fraction of sp³-hybridized carbons (Fsp3) is 0.611. The number of benzene rings is 1. The number of aliphatic imine (C=N–C) groups is 1. The maximum atomic E-state index is 12.3. The van der Waals surface area contributed by atoms with Crippen LogP contribution >= 0.6 is 11.6 Å². The zero-order valence-electron chi connectivity index (χ0n) is 16.4. The maximum Gasteiger partial charge on any atom is 0.215 e. The van der Waals surface area contributed by atoms with Gasteiger partial charge in [-0.1, -0.05) is 31.5 Å². The van der Waals surface area contributed by atoms with E-state index >= 15 is 0 Å². The Morgan fingerprint density at radius 2 is 1.89 bits per heavy atom. The molecule has 27 heavy (non-hydrogen) atoms. The zero-order chi connectivity index (χ0) is 19.9. The second-order valence-corrected chi connectivity index (χ2v) is 8.85. The number of nitrogens with one attached hydrogen (secondary N) is 1. The van der Waals surface area contributed by atoms with Crippen LogP contribution < -0.4 is 10.2 Å². The average molecular weight is 416 g/mol. The van der Waals surface area contributed by atoms with E-state index in [-0.39, 0.29) is 5.75 Å². The minimum absolute atomic E-state index is 0.0657. The molecular formula is C18H30ClN5O2S. The summed E-state index contributed by atoms with van der Waals surface area (Å²) >= 11 is 6.08. The lowest BCUT2D eigenvalue weighted by atomic mass is 10.2. The molecule has 1 N–H and O–H groups in total. The van der Waals surface area contributed by atoms with Crippen LogP contribution in [0, 0.1) is 0 Å². The Kier molecular flexibility index (Phi) is 8.19. The summed E-state index contributed by atoms with van der Waals surface area (Å²) in [5.41, 5.74) is 1.12. The van der Waals surface area contributed by atoms with Crippen molar-refractivity contribution in [1.29, 1.82) is 0 Å². The molecule has 0 unspecified atom stereocenters. The van der Waals surface area contributed by atoms with Crippen LogP contribution in [0.4, 0.5) is 5.69 Å². The fourth-order valence-electron chi connectivity index (χ4n) is 3.22. The van der Waals surface area contributed by atoms with Crippen LogP contribution in [0.2, 0.25) is 5.02 Å². The summed E-state index contributed by atoms with van der Waals surface area (Å²) in [5.74, 6) is 0.811. The lowest BCUT2D eigenvalue weighted by Gasteiger charge is -2.37. The molecule has 1 aromatic carbocycles. The zero-order valence-corrected chi connectivity index (χ0v) is 17.9. The summed E-state index contributed by atoms with van der Waals surface area (Å²) in [4.78, 5) is 8.76. The van der Waals surface area contributed by atoms with E-state index < -0.39 is 10.0 Å². The minimum Gasteiger partial charge on any atom is -0.368 e. The van der Waals surface area contributed by atoms with Crippen LogP contribution in [-0.2, 0) is 10.0 Å². The van der Waals surface area contributed by atoms with Crippen LogP contribution in [0.5, 0.6) is 0 Å². The molecule has 0 bridgehead atoms. The van der Waals surface area contributed by atoms with Crippen LogP contribution in [0.25, 0.3) is 0 Å². The third-order valence-electron chi connectivity index (χ3n) is 4.71. The van der Waals surface area contributed by atoms with Crippen molar-refractivity contribution >= 4 is 33.3 Å². The van der Waals surface area contributed by atoms with E-state index in [0.29, 0.717) is 19.6 Å². The van der Waals surface area contributed by atoms with Gasteiger partial charge in [0, 0.05) is 63.6 Å². The van der Waals surface area contributed by atoms with E-state index in [1.165, 1.54) is 4.31 Å². The van der Waals surface area contributed by atoms with Gasteiger partial charge in [-0.05, 0) is 18.2 Å². The topological polar surface area (TPSA) is 68.2 Å². The van der Waals surface area contributed by atoms with Gasteiger partial charge in [-0.2, -0.15) is 0 Å². The first-order chi connectivity index (χ1) is 12.9. The van der Waals surface area contributed by atoms with Crippen LogP contribution in [0.15, 0.2) is 29.3 Å². The Hall–Kier alpha value is -1.51. The van der Waals surface area contributed by atoms with E-state index in [4.69, 9.17) is 11.6 Å². The first kappa shape index (κ1) is 21.8. The standard InChI is InChI=1S/C18H30ClN5O2S/c1-4-24(5-2)27(25,26)14-9-21-18(20-3)23-12-10-22(11-13-23)17-8-6-7-16(19)15-17/h6-8,15H,4-5,9-14H2,1-3H3,(H,20,21). The Balaban J connectivity index is 1.85. The molecule has 152 valence electrons. The van der Waals surface area contributed by atoms with Crippen molar-refractivity contribution in [3.63, 3.8) is 0 Å². The normalized spacial score (nSPS) is 16.1. The number of anilines is 1. The predicted octanol–water partition coefficient (Wildman–Crippen LogP) is 1.71. The van der Waals surface area contributed by atoms with Gasteiger partial charge in [0.25, 0.3) is 0 Å². The molecule has 0 radical (unpaired) electrons. The lowest BCUT2D eigenvalue weighted by Crippen LogP contribution is -2.53. The van der Waals surface area contributed by atoms with Gasteiger partial charge in [0.15, 0.2) is 5.96 Å². The SMILES string of the molecule is CCN(CC)S(=O)(=O)CCNC(=NC)N1CCN(c2cccc(Cl)c2)CC1. The molecular weight excluding hydrogens is 386 g/mol. The Morgan fingerprint density at radius 1 is 1.22 bits per heavy atom. The third-order valence-corrected chi connectivity index (χ3v) is 6.96. The summed E-state index contributed by atoms with van der Waals surface area (Å²) in [5, 5.41) is 3.93. The number of nitrogens with zero attached hydrogens (tertiary/aromatic N) is 4. The average Bonchev–Trinajstić information content (AvgIpc) is 2.66. The molecule has 0 spiro atoms. The van der Waals surface area contributed by atoms with Crippen molar-refractivity contribution in [3.8, 4) is 0 Å². The molecule has 1 aliphatic rings. The van der Waals surface area contributed by atoms with Gasteiger partial charge in [0.05, 0.1) is 5.75 Å². The molecule has 0 aromatic heterocycles. The van der Waals surface area contributed by atoms with Crippen molar-refractivity contribution in [3.05, 3.63) is 29.3 Å². The summed E-state index contributed by atoms with van der Waals surface area (Å²) in [6.07, 6.45) is 0. The van der Waals surface area contributed by atoms with Crippen LogP contribution in [-0.4, -0.2) is 82.2 Å². The van der Waals surface area contributed by atoms with Crippen LogP contribution in [0.3, 0.4) is 0 Å². The second kappa shape index (κ2) is 10.1. The third kappa shape index (κ3) is 5.99. The lowest BCUT2D eigenvalue weighted by molar-refractivity contribution is 0.373. The fourth-order valence-corrected chi connectivity index (χ4v) is 4.81. The molecule has 0 atom stereocenters. The molecule has 0 amide bonds.